The van der Waals surface area contributed by atoms with Crippen LogP contribution < -0.4 is 45.9 Å². The van der Waals surface area contributed by atoms with Gasteiger partial charge in [0.25, 0.3) is 0 Å². The van der Waals surface area contributed by atoms with Crippen LogP contribution in [0.25, 0.3) is 0 Å². The molecule has 24 N–H and O–H groups in total. The number of rotatable bonds is 43. The molecular weight excluding hydrogens is 893 g/mol. The molecule has 0 aliphatic heterocycles. The monoisotopic (exact) mass is 977 g/mol. The third-order valence-corrected chi connectivity index (χ3v) is 11.0. The van der Waals surface area contributed by atoms with Crippen LogP contribution in [0.3, 0.4) is 0 Å². The predicted molar refractivity (Wildman–Crippen MR) is 261 cm³/mol. The highest BCUT2D eigenvalue weighted by molar-refractivity contribution is 5.82. The van der Waals surface area contributed by atoms with Gasteiger partial charge in [0.05, 0.1) is 0 Å². The maximum atomic E-state index is 9.14. The minimum absolute atomic E-state index is 0.0906. The van der Waals surface area contributed by atoms with Crippen molar-refractivity contribution in [3.05, 3.63) is 0 Å². The number of hydrogen-bond donors (Lipinski definition) is 16. The Morgan fingerprint density at radius 1 is 0.206 bits per heavy atom. The van der Waals surface area contributed by atoms with Crippen LogP contribution in [0.5, 0.6) is 0 Å². The van der Waals surface area contributed by atoms with Crippen molar-refractivity contribution in [1.29, 1.82) is 0 Å². The first-order chi connectivity index (χ1) is 32.7. The smallest absolute Gasteiger partial charge is 0.140 e. The van der Waals surface area contributed by atoms with E-state index in [0.29, 0.717) is 169 Å². The third-order valence-electron chi connectivity index (χ3n) is 11.0. The average Bonchev–Trinajstić information content (AvgIpc) is 3.35. The molecule has 0 spiro atoms. The Morgan fingerprint density at radius 3 is 0.441 bits per heavy atom. The number of amidine groups is 8. The highest BCUT2D eigenvalue weighted by Crippen LogP contribution is 2.07. The van der Waals surface area contributed by atoms with Crippen molar-refractivity contribution >= 4 is 46.7 Å². The zero-order valence-electron chi connectivity index (χ0n) is 39.7. The van der Waals surface area contributed by atoms with E-state index in [-0.39, 0.29) is 46.7 Å². The summed E-state index contributed by atoms with van der Waals surface area (Å²) in [4.78, 5) is 13.2. The van der Waals surface area contributed by atoms with Gasteiger partial charge in [-0.15, -0.1) is 0 Å². The van der Waals surface area contributed by atoms with Gasteiger partial charge < -0.3 is 117 Å². The van der Waals surface area contributed by atoms with E-state index in [1.54, 1.807) is 0 Å². The van der Waals surface area contributed by atoms with Crippen LogP contribution in [0, 0.1) is 0 Å². The van der Waals surface area contributed by atoms with Crippen LogP contribution in [-0.4, -0.2) is 236 Å². The third kappa shape index (κ3) is 33.4. The van der Waals surface area contributed by atoms with Crippen LogP contribution in [-0.2, 0) is 0 Å². The highest BCUT2D eigenvalue weighted by atomic mass is 16.5. The van der Waals surface area contributed by atoms with Crippen LogP contribution in [0.2, 0.25) is 0 Å². The summed E-state index contributed by atoms with van der Waals surface area (Å²) in [5.41, 5.74) is 46.3. The predicted octanol–water partition coefficient (Wildman–Crippen LogP) is -2.55. The van der Waals surface area contributed by atoms with Gasteiger partial charge in [0.1, 0.15) is 46.7 Å². The molecule has 0 saturated carbocycles. The Morgan fingerprint density at radius 2 is 0.324 bits per heavy atom. The molecule has 0 aliphatic carbocycles. The lowest BCUT2D eigenvalue weighted by Gasteiger charge is -2.31. The molecule has 0 amide bonds. The van der Waals surface area contributed by atoms with E-state index in [0.717, 1.165) is 25.7 Å². The number of nitrogens with two attached hydrogens (primary N) is 8. The average molecular weight is 977 g/mol. The van der Waals surface area contributed by atoms with Crippen molar-refractivity contribution in [1.82, 2.24) is 29.4 Å². The standard InChI is InChI=1S/C38H84N22O8/c39-31(47-61)5-21-57(22-6-32(40)48-62)17-1-13-55(14-2-18-58(23-7-33(41)49-63)24-8-34(42)50-64)29-30-56(15-3-19-59(25-9-35(43)51-65)26-10-36(44)52-66)16-4-20-60(27-11-37(45)53-67)28-12-38(46)54-68/h61-68H,1-30H2,(H2,39,47)(H2,40,48)(H2,41,49)(H2,42,50)(H2,43,51)(H2,44,52)(H2,45,53)(H2,46,54). The van der Waals surface area contributed by atoms with E-state index >= 15 is 0 Å². The lowest BCUT2D eigenvalue weighted by atomic mass is 10.2. The van der Waals surface area contributed by atoms with E-state index in [1.165, 1.54) is 0 Å². The number of oxime groups is 8. The number of nitrogens with zero attached hydrogens (tertiary/aromatic N) is 14. The topological polar surface area (TPSA) is 488 Å². The van der Waals surface area contributed by atoms with E-state index in [1.807, 2.05) is 0 Å². The van der Waals surface area contributed by atoms with Crippen molar-refractivity contribution in [2.24, 2.45) is 87.1 Å². The van der Waals surface area contributed by atoms with Gasteiger partial charge in [-0.25, -0.2) is 0 Å². The van der Waals surface area contributed by atoms with Crippen molar-refractivity contribution < 1.29 is 41.7 Å². The second-order valence-corrected chi connectivity index (χ2v) is 16.2. The quantitative estimate of drug-likeness (QED) is 0.0129. The molecule has 0 fully saturated rings. The summed E-state index contributed by atoms with van der Waals surface area (Å²) in [6.07, 6.45) is 5.55. The fourth-order valence-corrected chi connectivity index (χ4v) is 6.95. The van der Waals surface area contributed by atoms with Gasteiger partial charge in [-0.3, -0.25) is 0 Å². The van der Waals surface area contributed by atoms with Gasteiger partial charge in [0.2, 0.25) is 0 Å². The van der Waals surface area contributed by atoms with E-state index in [4.69, 9.17) is 87.5 Å². The highest BCUT2D eigenvalue weighted by Gasteiger charge is 2.17. The Balaban J connectivity index is 6.52. The first kappa shape index (κ1) is 61.9. The molecular formula is C38H84N22O8. The fourth-order valence-electron chi connectivity index (χ4n) is 6.95. The van der Waals surface area contributed by atoms with Gasteiger partial charge in [0, 0.05) is 117 Å². The second-order valence-electron chi connectivity index (χ2n) is 16.2. The van der Waals surface area contributed by atoms with Crippen molar-refractivity contribution in [2.45, 2.75) is 77.0 Å². The van der Waals surface area contributed by atoms with Gasteiger partial charge in [-0.2, -0.15) is 0 Å². The lowest BCUT2D eigenvalue weighted by Crippen LogP contribution is -2.41. The molecule has 30 nitrogen and oxygen atoms in total. The van der Waals surface area contributed by atoms with Crippen LogP contribution in [0.4, 0.5) is 0 Å². The number of hydrogen-bond acceptors (Lipinski definition) is 22. The molecule has 30 heteroatoms. The molecule has 0 rings (SSSR count). The molecule has 0 aromatic heterocycles. The van der Waals surface area contributed by atoms with Gasteiger partial charge in [0.15, 0.2) is 0 Å². The summed E-state index contributed by atoms with van der Waals surface area (Å²) >= 11 is 0. The Kier molecular flexibility index (Phi) is 36.5. The molecule has 0 saturated heterocycles. The molecule has 0 aromatic rings. The molecule has 0 radical (unpaired) electrons. The Hall–Kier alpha value is -6.08. The summed E-state index contributed by atoms with van der Waals surface area (Å²) in [7, 11) is 0. The summed E-state index contributed by atoms with van der Waals surface area (Å²) in [5, 5.41) is 97.9. The summed E-state index contributed by atoms with van der Waals surface area (Å²) in [6.45, 7) is 10.7. The zero-order chi connectivity index (χ0) is 51.0. The minimum atomic E-state index is 0.0906. The molecule has 394 valence electrons. The van der Waals surface area contributed by atoms with Crippen molar-refractivity contribution in [3.8, 4) is 0 Å². The maximum Gasteiger partial charge on any atom is 0.140 e. The van der Waals surface area contributed by atoms with Gasteiger partial charge >= 0.3 is 0 Å². The van der Waals surface area contributed by atoms with Crippen molar-refractivity contribution in [3.63, 3.8) is 0 Å². The molecule has 0 heterocycles. The Bertz CT molecular complexity index is 1260. The molecule has 0 unspecified atom stereocenters. The molecule has 0 aromatic carbocycles. The maximum absolute atomic E-state index is 9.14. The first-order valence-corrected chi connectivity index (χ1v) is 22.7. The lowest BCUT2D eigenvalue weighted by molar-refractivity contribution is 0.168. The minimum Gasteiger partial charge on any atom is -0.409 e. The van der Waals surface area contributed by atoms with Crippen LogP contribution >= 0.6 is 0 Å². The molecule has 68 heavy (non-hydrogen) atoms. The summed E-state index contributed by atoms with van der Waals surface area (Å²) in [5.74, 6) is 0.725. The second kappa shape index (κ2) is 40.0. The zero-order valence-corrected chi connectivity index (χ0v) is 39.7. The molecule has 0 aliphatic rings. The van der Waals surface area contributed by atoms with Gasteiger partial charge in [-0.1, -0.05) is 41.2 Å². The fraction of sp³-hybridized carbons (Fsp3) is 0.789. The summed E-state index contributed by atoms with van der Waals surface area (Å²) < 4.78 is 0. The SMILES string of the molecule is NC(CCN(CCCN(CCCN(CCC(N)=NO)CCC(N)=NO)CCN(CCCN(CCC(N)=NO)CCC(N)=NO)CCCN(CCC(N)=NO)CCC(N)=NO)CCC(N)=NO)=NO. The van der Waals surface area contributed by atoms with Crippen molar-refractivity contribution in [2.75, 3.05) is 118 Å². The largest absolute Gasteiger partial charge is 0.409 e. The molecule has 0 bridgehead atoms. The van der Waals surface area contributed by atoms with E-state index in [2.05, 4.69) is 70.6 Å². The van der Waals surface area contributed by atoms with E-state index < -0.39 is 0 Å². The van der Waals surface area contributed by atoms with Gasteiger partial charge in [-0.05, 0) is 78.0 Å². The summed E-state index contributed by atoms with van der Waals surface area (Å²) in [6, 6.07) is 0. The molecule has 0 atom stereocenters. The Labute approximate surface area is 399 Å². The van der Waals surface area contributed by atoms with E-state index in [9.17, 15) is 0 Å². The normalized spacial score (nSPS) is 14.3. The van der Waals surface area contributed by atoms with Crippen LogP contribution in [0.1, 0.15) is 77.0 Å². The van der Waals surface area contributed by atoms with Crippen LogP contribution in [0.15, 0.2) is 41.2 Å². The first-order valence-electron chi connectivity index (χ1n) is 22.7.